The van der Waals surface area contributed by atoms with E-state index < -0.39 is 35.3 Å². The van der Waals surface area contributed by atoms with Gasteiger partial charge in [0.25, 0.3) is 17.2 Å². The van der Waals surface area contributed by atoms with Gasteiger partial charge in [0.2, 0.25) is 0 Å². The summed E-state index contributed by atoms with van der Waals surface area (Å²) in [6.45, 7) is 22.1. The van der Waals surface area contributed by atoms with Gasteiger partial charge in [0.15, 0.2) is 29.1 Å². The van der Waals surface area contributed by atoms with Crippen molar-refractivity contribution in [1.82, 2.24) is 29.4 Å². The van der Waals surface area contributed by atoms with Gasteiger partial charge in [-0.25, -0.2) is 4.52 Å². The Morgan fingerprint density at radius 2 is 1.58 bits per heavy atom. The number of carboxylic acid groups (broad SMARTS) is 1. The van der Waals surface area contributed by atoms with E-state index in [0.717, 1.165) is 36.9 Å². The molecule has 4 rings (SSSR count). The molecule has 308 valence electrons. The molecule has 3 heterocycles. The van der Waals surface area contributed by atoms with Crippen LogP contribution in [0.2, 0.25) is 0 Å². The van der Waals surface area contributed by atoms with Crippen molar-refractivity contribution in [2.24, 2.45) is 11.3 Å². The van der Waals surface area contributed by atoms with Crippen molar-refractivity contribution in [3.63, 3.8) is 0 Å². The Morgan fingerprint density at radius 3 is 2.18 bits per heavy atom. The molecule has 13 heteroatoms. The largest absolute Gasteiger partial charge is 0.481 e. The summed E-state index contributed by atoms with van der Waals surface area (Å²) in [4.78, 5) is 27.5. The van der Waals surface area contributed by atoms with Gasteiger partial charge in [-0.1, -0.05) is 113 Å². The van der Waals surface area contributed by atoms with E-state index in [1.54, 1.807) is 9.42 Å². The normalized spacial score (nSPS) is 16.3. The second-order valence-corrected chi connectivity index (χ2v) is 19.3. The fourth-order valence-corrected chi connectivity index (χ4v) is 8.42. The van der Waals surface area contributed by atoms with Gasteiger partial charge in [0, 0.05) is 30.3 Å². The van der Waals surface area contributed by atoms with E-state index in [1.807, 2.05) is 31.2 Å². The number of benzene rings is 1. The van der Waals surface area contributed by atoms with E-state index in [1.165, 1.54) is 32.1 Å². The zero-order valence-corrected chi connectivity index (χ0v) is 35.9. The summed E-state index contributed by atoms with van der Waals surface area (Å²) in [5.41, 5.74) is 2.35. The summed E-state index contributed by atoms with van der Waals surface area (Å²) in [7, 11) is 0. The number of carbonyl (C=O) groups is 2. The zero-order valence-electron chi connectivity index (χ0n) is 35.1. The van der Waals surface area contributed by atoms with E-state index in [0.29, 0.717) is 49.6 Å². The van der Waals surface area contributed by atoms with E-state index in [-0.39, 0.29) is 27.9 Å². The van der Waals surface area contributed by atoms with Crippen LogP contribution in [0.4, 0.5) is 0 Å². The zero-order chi connectivity index (χ0) is 40.6. The number of hydrogen-bond donors (Lipinski definition) is 3. The number of fused-ring (bicyclic) bond motifs is 1. The molecular formula is C42H68N6O6S. The van der Waals surface area contributed by atoms with Gasteiger partial charge in [-0.3, -0.25) is 14.7 Å². The number of piperidine rings is 1. The number of H-pyrrole nitrogens is 1. The first-order valence-corrected chi connectivity index (χ1v) is 21.5. The molecule has 3 N–H and O–H groups in total. The minimum absolute atomic E-state index is 0.0509. The molecule has 0 spiro atoms. The molecule has 1 saturated heterocycles. The first kappa shape index (κ1) is 44.3. The number of aromatic amines is 1. The lowest BCUT2D eigenvalue weighted by molar-refractivity contribution is -0.148. The molecule has 0 radical (unpaired) electrons. The van der Waals surface area contributed by atoms with Crippen molar-refractivity contribution < 1.29 is 27.8 Å². The number of nitrogens with one attached hydrogen (secondary N) is 2. The molecule has 55 heavy (non-hydrogen) atoms. The maximum atomic E-state index is 14.1. The molecular weight excluding hydrogens is 717 g/mol. The summed E-state index contributed by atoms with van der Waals surface area (Å²) in [5, 5.41) is 21.6. The predicted molar refractivity (Wildman–Crippen MR) is 218 cm³/mol. The minimum atomic E-state index is -2.03. The van der Waals surface area contributed by atoms with Gasteiger partial charge in [0.1, 0.15) is 0 Å². The number of ether oxygens (including phenoxy) is 1. The summed E-state index contributed by atoms with van der Waals surface area (Å²) in [6, 6.07) is 7.18. The van der Waals surface area contributed by atoms with Crippen LogP contribution in [-0.4, -0.2) is 65.1 Å². The minimum Gasteiger partial charge on any atom is -0.481 e. The van der Waals surface area contributed by atoms with Gasteiger partial charge in [-0.05, 0) is 67.6 Å². The van der Waals surface area contributed by atoms with E-state index in [9.17, 15) is 18.9 Å². The maximum Gasteiger partial charge on any atom is 0.306 e. The number of amides is 1. The van der Waals surface area contributed by atoms with Crippen molar-refractivity contribution in [2.45, 2.75) is 169 Å². The van der Waals surface area contributed by atoms with Crippen LogP contribution in [0, 0.1) is 11.3 Å². The first-order valence-electron chi connectivity index (χ1n) is 20.4. The molecule has 3 aromatic rings. The fourth-order valence-electron chi connectivity index (χ4n) is 7.69. The number of likely N-dealkylation sites (tertiary alicyclic amines) is 1. The number of carboxylic acids is 1. The van der Waals surface area contributed by atoms with Gasteiger partial charge >= 0.3 is 5.97 Å². The maximum absolute atomic E-state index is 14.1. The lowest BCUT2D eigenvalue weighted by Crippen LogP contribution is -2.46. The average molecular weight is 785 g/mol. The third-order valence-electron chi connectivity index (χ3n) is 10.6. The van der Waals surface area contributed by atoms with Crippen molar-refractivity contribution in [2.75, 3.05) is 13.1 Å². The second-order valence-electron chi connectivity index (χ2n) is 18.4. The number of rotatable bonds is 20. The predicted octanol–water partition coefficient (Wildman–Crippen LogP) is 8.98. The molecule has 3 atom stereocenters. The molecule has 1 aliphatic rings. The Balaban J connectivity index is 1.58. The Bertz CT molecular complexity index is 1730. The molecule has 3 unspecified atom stereocenters. The Kier molecular flexibility index (Phi) is 15.4. The topological polar surface area (TPSA) is 151 Å². The molecule has 12 nitrogen and oxygen atoms in total. The van der Waals surface area contributed by atoms with Crippen molar-refractivity contribution in [3.05, 3.63) is 41.3 Å². The van der Waals surface area contributed by atoms with Crippen LogP contribution in [0.5, 0.6) is 11.5 Å². The van der Waals surface area contributed by atoms with Crippen LogP contribution in [0.1, 0.15) is 169 Å². The Labute approximate surface area is 331 Å². The highest BCUT2D eigenvalue weighted by molar-refractivity contribution is 7.78. The molecule has 1 aliphatic heterocycles. The molecule has 0 aliphatic carbocycles. The Hall–Kier alpha value is -3.45. The SMILES string of the molecule is CCCCCCCCCCC(Oc1ccc(C(C)(C)CC(C)(C)C)cc1OS(=O)NC(C)c1nnc2cc(C(C)(C)C)[nH]n12)C(=O)N1CCC(C(=O)O)CC1. The highest BCUT2D eigenvalue weighted by Crippen LogP contribution is 2.40. The monoisotopic (exact) mass is 784 g/mol. The highest BCUT2D eigenvalue weighted by Gasteiger charge is 2.34. The van der Waals surface area contributed by atoms with Crippen LogP contribution in [0.3, 0.4) is 0 Å². The van der Waals surface area contributed by atoms with Gasteiger partial charge in [-0.15, -0.1) is 10.2 Å². The van der Waals surface area contributed by atoms with Crippen LogP contribution in [-0.2, 0) is 31.7 Å². The number of hydrogen-bond acceptors (Lipinski definition) is 7. The number of nitrogens with zero attached hydrogens (tertiary/aromatic N) is 4. The number of unbranched alkanes of at least 4 members (excludes halogenated alkanes) is 7. The molecule has 1 aromatic carbocycles. The van der Waals surface area contributed by atoms with E-state index in [4.69, 9.17) is 8.92 Å². The van der Waals surface area contributed by atoms with Gasteiger partial charge in [0.05, 0.1) is 12.0 Å². The first-order chi connectivity index (χ1) is 25.8. The van der Waals surface area contributed by atoms with Crippen molar-refractivity contribution in [3.8, 4) is 11.5 Å². The fraction of sp³-hybridized carbons (Fsp3) is 0.714. The van der Waals surface area contributed by atoms with Crippen molar-refractivity contribution in [1.29, 1.82) is 0 Å². The quantitative estimate of drug-likeness (QED) is 0.0961. The molecule has 0 bridgehead atoms. The lowest BCUT2D eigenvalue weighted by atomic mass is 9.72. The van der Waals surface area contributed by atoms with Crippen LogP contribution < -0.4 is 13.6 Å². The second kappa shape index (κ2) is 19.1. The van der Waals surface area contributed by atoms with E-state index in [2.05, 4.69) is 82.3 Å². The lowest BCUT2D eigenvalue weighted by Gasteiger charge is -2.34. The highest BCUT2D eigenvalue weighted by atomic mass is 32.2. The van der Waals surface area contributed by atoms with Crippen LogP contribution in [0.25, 0.3) is 5.65 Å². The number of aromatic nitrogens is 4. The third-order valence-corrected chi connectivity index (χ3v) is 11.4. The summed E-state index contributed by atoms with van der Waals surface area (Å²) in [5.74, 6) is -0.253. The average Bonchev–Trinajstić information content (AvgIpc) is 3.70. The molecule has 1 amide bonds. The van der Waals surface area contributed by atoms with Crippen LogP contribution in [0.15, 0.2) is 24.3 Å². The molecule has 0 saturated carbocycles. The molecule has 1 fully saturated rings. The van der Waals surface area contributed by atoms with E-state index >= 15 is 0 Å². The van der Waals surface area contributed by atoms with Gasteiger partial charge in [-0.2, -0.15) is 8.93 Å². The van der Waals surface area contributed by atoms with Crippen LogP contribution >= 0.6 is 0 Å². The third kappa shape index (κ3) is 12.8. The van der Waals surface area contributed by atoms with Gasteiger partial charge < -0.3 is 18.9 Å². The van der Waals surface area contributed by atoms with Crippen molar-refractivity contribution >= 4 is 28.8 Å². The summed E-state index contributed by atoms with van der Waals surface area (Å²) < 4.78 is 31.4. The number of aliphatic carboxylic acids is 1. The number of carbonyl (C=O) groups excluding carboxylic acids is 1. The summed E-state index contributed by atoms with van der Waals surface area (Å²) >= 11 is -2.03. The summed E-state index contributed by atoms with van der Waals surface area (Å²) in [6.07, 6.45) is 10.5. The molecule has 2 aromatic heterocycles. The standard InChI is InChI=1S/C42H68N6O6S/c1-11-12-13-14-15-16-17-18-19-33(38(49)47-24-22-30(23-25-47)39(50)51)53-32-21-20-31(42(9,10)28-40(3,4)5)26-34(32)54-55(52)46-29(2)37-44-43-36-27-35(41(6,7)8)45-48(36)37/h20-21,26-27,29-30,33,45-46H,11-19,22-25,28H2,1-10H3,(H,50,51). The Morgan fingerprint density at radius 1 is 0.945 bits per heavy atom. The smallest absolute Gasteiger partial charge is 0.306 e.